The number of carbonyl (C=O) groups is 1. The monoisotopic (exact) mass is 484 g/mol. The normalized spacial score (nSPS) is 14.2. The Hall–Kier alpha value is -4.51. The molecule has 0 aliphatic carbocycles. The van der Waals surface area contributed by atoms with E-state index in [1.54, 1.807) is 19.3 Å². The quantitative estimate of drug-likeness (QED) is 0.377. The maximum atomic E-state index is 12.5. The SMILES string of the molecule is CNC(=O)c1nnc(Nc2ccc(C)cn2)cc1Nc1cccc2c1OCc1cn(C3COC3)nc1-2. The van der Waals surface area contributed by atoms with Gasteiger partial charge in [-0.3, -0.25) is 9.48 Å². The number of hydrogen-bond acceptors (Lipinski definition) is 9. The van der Waals surface area contributed by atoms with Crippen LogP contribution in [0.15, 0.2) is 48.8 Å². The Labute approximate surface area is 206 Å². The number of aryl methyl sites for hydroxylation is 1. The van der Waals surface area contributed by atoms with Crippen LogP contribution in [0.1, 0.15) is 27.7 Å². The molecule has 11 nitrogen and oxygen atoms in total. The Morgan fingerprint density at radius 3 is 2.72 bits per heavy atom. The summed E-state index contributed by atoms with van der Waals surface area (Å²) >= 11 is 0. The van der Waals surface area contributed by atoms with Crippen LogP contribution in [0.5, 0.6) is 5.75 Å². The van der Waals surface area contributed by atoms with Gasteiger partial charge in [0.1, 0.15) is 18.1 Å². The van der Waals surface area contributed by atoms with Crippen LogP contribution < -0.4 is 20.7 Å². The molecule has 1 saturated heterocycles. The van der Waals surface area contributed by atoms with Crippen LogP contribution in [0.25, 0.3) is 11.3 Å². The number of nitrogens with one attached hydrogen (secondary N) is 3. The molecule has 2 aliphatic heterocycles. The van der Waals surface area contributed by atoms with E-state index in [-0.39, 0.29) is 17.6 Å². The number of para-hydroxylation sites is 1. The highest BCUT2D eigenvalue weighted by molar-refractivity contribution is 5.99. The first-order chi connectivity index (χ1) is 17.6. The number of hydrogen-bond donors (Lipinski definition) is 3. The van der Waals surface area contributed by atoms with Crippen molar-refractivity contribution in [1.82, 2.24) is 30.3 Å². The van der Waals surface area contributed by atoms with Crippen molar-refractivity contribution in [2.75, 3.05) is 30.9 Å². The van der Waals surface area contributed by atoms with Crippen molar-refractivity contribution in [1.29, 1.82) is 0 Å². The van der Waals surface area contributed by atoms with E-state index >= 15 is 0 Å². The lowest BCUT2D eigenvalue weighted by Crippen LogP contribution is -2.30. The lowest BCUT2D eigenvalue weighted by molar-refractivity contribution is -0.0285. The minimum atomic E-state index is -0.362. The molecule has 1 aromatic carbocycles. The number of ether oxygens (including phenoxy) is 2. The largest absolute Gasteiger partial charge is 0.486 e. The molecule has 4 aromatic rings. The molecule has 0 radical (unpaired) electrons. The average molecular weight is 485 g/mol. The van der Waals surface area contributed by atoms with Crippen molar-refractivity contribution in [2.45, 2.75) is 19.6 Å². The molecule has 11 heteroatoms. The third kappa shape index (κ3) is 3.99. The zero-order valence-electron chi connectivity index (χ0n) is 19.8. The van der Waals surface area contributed by atoms with Gasteiger partial charge in [0, 0.05) is 36.6 Å². The molecule has 2 aliphatic rings. The molecule has 5 heterocycles. The lowest BCUT2D eigenvalue weighted by atomic mass is 10.0. The average Bonchev–Trinajstić information content (AvgIpc) is 3.28. The Morgan fingerprint density at radius 2 is 1.97 bits per heavy atom. The van der Waals surface area contributed by atoms with Crippen LogP contribution in [0, 0.1) is 6.92 Å². The third-order valence-electron chi connectivity index (χ3n) is 6.12. The summed E-state index contributed by atoms with van der Waals surface area (Å²) in [5.41, 5.74) is 5.16. The second-order valence-electron chi connectivity index (χ2n) is 8.69. The first kappa shape index (κ1) is 22.0. The fraction of sp³-hybridized carbons (Fsp3) is 0.240. The Kier molecular flexibility index (Phi) is 5.45. The third-order valence-corrected chi connectivity index (χ3v) is 6.12. The van der Waals surface area contributed by atoms with E-state index in [9.17, 15) is 4.79 Å². The summed E-state index contributed by atoms with van der Waals surface area (Å²) in [7, 11) is 1.55. The molecule has 1 amide bonds. The first-order valence-electron chi connectivity index (χ1n) is 11.6. The number of carbonyl (C=O) groups excluding carboxylic acids is 1. The minimum Gasteiger partial charge on any atom is -0.486 e. The van der Waals surface area contributed by atoms with Gasteiger partial charge < -0.3 is 25.4 Å². The van der Waals surface area contributed by atoms with Crippen molar-refractivity contribution in [3.8, 4) is 17.0 Å². The number of amides is 1. The maximum Gasteiger partial charge on any atom is 0.273 e. The molecule has 0 bridgehead atoms. The smallest absolute Gasteiger partial charge is 0.273 e. The molecular formula is C25H24N8O3. The van der Waals surface area contributed by atoms with Crippen molar-refractivity contribution >= 4 is 28.9 Å². The van der Waals surface area contributed by atoms with Crippen molar-refractivity contribution < 1.29 is 14.3 Å². The molecule has 1 fully saturated rings. The second kappa shape index (κ2) is 8.93. The molecule has 0 saturated carbocycles. The standard InChI is InChI=1S/C25H24N8O3/c1-14-6-7-20(27-9-14)29-21-8-19(23(31-30-21)25(34)26-2)28-18-5-3-4-17-22-15(11-36-24(17)18)10-33(32-22)16-12-35-13-16/h3-10,16H,11-13H2,1-2H3,(H,26,34)(H2,27,28,29,30). The second-order valence-corrected chi connectivity index (χ2v) is 8.69. The van der Waals surface area contributed by atoms with Gasteiger partial charge in [-0.2, -0.15) is 5.10 Å². The number of pyridine rings is 1. The Bertz CT molecular complexity index is 1450. The summed E-state index contributed by atoms with van der Waals surface area (Å²) in [5, 5.41) is 22.2. The van der Waals surface area contributed by atoms with E-state index in [0.717, 1.165) is 22.4 Å². The first-order valence-corrected chi connectivity index (χ1v) is 11.6. The molecule has 36 heavy (non-hydrogen) atoms. The molecule has 0 spiro atoms. The number of fused-ring (bicyclic) bond motifs is 3. The number of benzene rings is 1. The van der Waals surface area contributed by atoms with Gasteiger partial charge in [-0.1, -0.05) is 12.1 Å². The van der Waals surface area contributed by atoms with E-state index in [2.05, 4.69) is 31.1 Å². The fourth-order valence-corrected chi connectivity index (χ4v) is 4.10. The molecular weight excluding hydrogens is 460 g/mol. The van der Waals surface area contributed by atoms with Crippen LogP contribution >= 0.6 is 0 Å². The van der Waals surface area contributed by atoms with Gasteiger partial charge in [0.25, 0.3) is 5.91 Å². The highest BCUT2D eigenvalue weighted by atomic mass is 16.5. The number of rotatable bonds is 6. The number of anilines is 4. The Morgan fingerprint density at radius 1 is 1.08 bits per heavy atom. The van der Waals surface area contributed by atoms with Crippen LogP contribution in [-0.4, -0.2) is 51.1 Å². The van der Waals surface area contributed by atoms with Gasteiger partial charge in [0.15, 0.2) is 17.3 Å². The summed E-state index contributed by atoms with van der Waals surface area (Å²) in [6, 6.07) is 11.6. The van der Waals surface area contributed by atoms with E-state index in [0.29, 0.717) is 48.6 Å². The van der Waals surface area contributed by atoms with E-state index < -0.39 is 0 Å². The van der Waals surface area contributed by atoms with Gasteiger partial charge >= 0.3 is 0 Å². The van der Waals surface area contributed by atoms with Crippen molar-refractivity contribution in [3.05, 3.63) is 65.6 Å². The lowest BCUT2D eigenvalue weighted by Gasteiger charge is -2.25. The molecule has 3 N–H and O–H groups in total. The van der Waals surface area contributed by atoms with E-state index in [1.807, 2.05) is 48.1 Å². The van der Waals surface area contributed by atoms with Gasteiger partial charge in [0.2, 0.25) is 0 Å². The van der Waals surface area contributed by atoms with Gasteiger partial charge in [-0.25, -0.2) is 4.98 Å². The van der Waals surface area contributed by atoms with E-state index in [1.165, 1.54) is 0 Å². The zero-order valence-corrected chi connectivity index (χ0v) is 19.8. The zero-order chi connectivity index (χ0) is 24.6. The van der Waals surface area contributed by atoms with E-state index in [4.69, 9.17) is 14.6 Å². The molecule has 0 atom stereocenters. The van der Waals surface area contributed by atoms with Crippen LogP contribution in [0.3, 0.4) is 0 Å². The maximum absolute atomic E-state index is 12.5. The van der Waals surface area contributed by atoms with Gasteiger partial charge in [-0.05, 0) is 30.7 Å². The predicted octanol–water partition coefficient (Wildman–Crippen LogP) is 3.35. The summed E-state index contributed by atoms with van der Waals surface area (Å²) in [6.07, 6.45) is 3.79. The fourth-order valence-electron chi connectivity index (χ4n) is 4.10. The predicted molar refractivity (Wildman–Crippen MR) is 133 cm³/mol. The van der Waals surface area contributed by atoms with Crippen LogP contribution in [0.2, 0.25) is 0 Å². The summed E-state index contributed by atoms with van der Waals surface area (Å²) in [4.78, 5) is 16.9. The molecule has 6 rings (SSSR count). The number of nitrogens with zero attached hydrogens (tertiary/aromatic N) is 5. The molecule has 182 valence electrons. The van der Waals surface area contributed by atoms with Crippen molar-refractivity contribution in [2.24, 2.45) is 0 Å². The number of aromatic nitrogens is 5. The Balaban J connectivity index is 1.34. The minimum absolute atomic E-state index is 0.156. The summed E-state index contributed by atoms with van der Waals surface area (Å²) < 4.78 is 13.4. The molecule has 0 unspecified atom stereocenters. The topological polar surface area (TPSA) is 128 Å². The van der Waals surface area contributed by atoms with Crippen molar-refractivity contribution in [3.63, 3.8) is 0 Å². The van der Waals surface area contributed by atoms with Gasteiger partial charge in [0.05, 0.1) is 30.6 Å². The van der Waals surface area contributed by atoms with Gasteiger partial charge in [-0.15, -0.1) is 10.2 Å². The summed E-state index contributed by atoms with van der Waals surface area (Å²) in [6.45, 7) is 3.70. The van der Waals surface area contributed by atoms with Crippen LogP contribution in [-0.2, 0) is 11.3 Å². The molecule has 3 aromatic heterocycles. The highest BCUT2D eigenvalue weighted by Gasteiger charge is 2.28. The highest BCUT2D eigenvalue weighted by Crippen LogP contribution is 2.43. The van der Waals surface area contributed by atoms with Crippen LogP contribution in [0.4, 0.5) is 23.0 Å². The summed E-state index contributed by atoms with van der Waals surface area (Å²) in [5.74, 6) is 1.36.